The summed E-state index contributed by atoms with van der Waals surface area (Å²) >= 11 is 6.57. The smallest absolute Gasteiger partial charge is 0.229 e. The van der Waals surface area contributed by atoms with Crippen molar-refractivity contribution in [3.05, 3.63) is 52.2 Å². The summed E-state index contributed by atoms with van der Waals surface area (Å²) in [6.45, 7) is 14.4. The number of piperidine rings is 1. The van der Waals surface area contributed by atoms with Gasteiger partial charge in [0.15, 0.2) is 5.82 Å². The van der Waals surface area contributed by atoms with Crippen molar-refractivity contribution in [2.45, 2.75) is 51.5 Å². The zero-order valence-corrected chi connectivity index (χ0v) is 29.1. The van der Waals surface area contributed by atoms with Crippen LogP contribution in [0.4, 0.5) is 28.8 Å². The third kappa shape index (κ3) is 7.12. The van der Waals surface area contributed by atoms with E-state index in [0.29, 0.717) is 28.7 Å². The lowest BCUT2D eigenvalue weighted by Crippen LogP contribution is -2.52. The number of benzene rings is 2. The van der Waals surface area contributed by atoms with Crippen molar-refractivity contribution in [2.75, 3.05) is 82.3 Å². The number of aromatic nitrogens is 2. The van der Waals surface area contributed by atoms with Crippen molar-refractivity contribution >= 4 is 52.9 Å². The van der Waals surface area contributed by atoms with E-state index in [1.54, 1.807) is 26.6 Å². The Hall–Kier alpha value is -2.84. The van der Waals surface area contributed by atoms with E-state index < -0.39 is 7.14 Å². The van der Waals surface area contributed by atoms with E-state index >= 15 is 0 Å². The van der Waals surface area contributed by atoms with Crippen molar-refractivity contribution in [1.29, 1.82) is 0 Å². The molecular formula is C34H47ClN7O2P. The van der Waals surface area contributed by atoms with Gasteiger partial charge in [0.2, 0.25) is 5.95 Å². The molecule has 2 saturated heterocycles. The van der Waals surface area contributed by atoms with Gasteiger partial charge in [-0.05, 0) is 94.6 Å². The van der Waals surface area contributed by atoms with Crippen LogP contribution in [-0.4, -0.2) is 92.6 Å². The highest BCUT2D eigenvalue weighted by atomic mass is 35.5. The zero-order chi connectivity index (χ0) is 31.9. The van der Waals surface area contributed by atoms with Gasteiger partial charge >= 0.3 is 0 Å². The molecule has 3 heterocycles. The fraction of sp³-hybridized carbons (Fsp3) is 0.529. The Kier molecular flexibility index (Phi) is 9.36. The monoisotopic (exact) mass is 651 g/mol. The number of nitrogens with zero attached hydrogens (tertiary/aromatic N) is 5. The van der Waals surface area contributed by atoms with Crippen LogP contribution in [0.25, 0.3) is 0 Å². The Morgan fingerprint density at radius 1 is 0.956 bits per heavy atom. The predicted molar refractivity (Wildman–Crippen MR) is 188 cm³/mol. The maximum absolute atomic E-state index is 13.3. The van der Waals surface area contributed by atoms with Crippen LogP contribution in [0.5, 0.6) is 5.75 Å². The summed E-state index contributed by atoms with van der Waals surface area (Å²) in [6.07, 6.45) is 6.39. The average Bonchev–Trinajstić information content (AvgIpc) is 3.86. The first-order chi connectivity index (χ1) is 21.5. The molecule has 0 unspecified atom stereocenters. The number of nitrogens with one attached hydrogen (secondary N) is 2. The molecule has 9 nitrogen and oxygen atoms in total. The van der Waals surface area contributed by atoms with Crippen LogP contribution >= 0.6 is 18.7 Å². The molecule has 3 aromatic rings. The van der Waals surface area contributed by atoms with Gasteiger partial charge in [-0.1, -0.05) is 17.7 Å². The molecule has 1 saturated carbocycles. The number of anilines is 5. The van der Waals surface area contributed by atoms with E-state index in [9.17, 15) is 4.57 Å². The van der Waals surface area contributed by atoms with E-state index in [2.05, 4.69) is 49.5 Å². The second-order valence-electron chi connectivity index (χ2n) is 13.3. The van der Waals surface area contributed by atoms with Crippen LogP contribution in [-0.2, 0) is 4.57 Å². The molecular weight excluding hydrogens is 605 g/mol. The lowest BCUT2D eigenvalue weighted by molar-refractivity contribution is 0.0982. The molecule has 0 amide bonds. The van der Waals surface area contributed by atoms with Gasteiger partial charge in [0, 0.05) is 62.4 Å². The molecule has 2 aromatic carbocycles. The predicted octanol–water partition coefficient (Wildman–Crippen LogP) is 6.58. The molecule has 2 N–H and O–H groups in total. The minimum atomic E-state index is -2.58. The van der Waals surface area contributed by atoms with Crippen molar-refractivity contribution in [3.8, 4) is 5.75 Å². The van der Waals surface area contributed by atoms with Gasteiger partial charge < -0.3 is 29.7 Å². The third-order valence-corrected chi connectivity index (χ3v) is 11.6. The minimum Gasteiger partial charge on any atom is -0.494 e. The molecule has 3 aliphatic rings. The number of ether oxygens (including phenoxy) is 1. The van der Waals surface area contributed by atoms with Crippen LogP contribution in [0.15, 0.2) is 30.5 Å². The summed E-state index contributed by atoms with van der Waals surface area (Å²) < 4.78 is 19.2. The van der Waals surface area contributed by atoms with Gasteiger partial charge in [0.05, 0.1) is 24.7 Å². The van der Waals surface area contributed by atoms with E-state index in [4.69, 9.17) is 21.3 Å². The van der Waals surface area contributed by atoms with Crippen molar-refractivity contribution < 1.29 is 9.30 Å². The maximum atomic E-state index is 13.3. The number of rotatable bonds is 9. The van der Waals surface area contributed by atoms with Crippen molar-refractivity contribution in [1.82, 2.24) is 19.8 Å². The summed E-state index contributed by atoms with van der Waals surface area (Å²) in [5.74, 6) is 2.18. The summed E-state index contributed by atoms with van der Waals surface area (Å²) in [5, 5.41) is 7.96. The first kappa shape index (κ1) is 32.1. The highest BCUT2D eigenvalue weighted by Crippen LogP contribution is 2.48. The lowest BCUT2D eigenvalue weighted by atomic mass is 9.99. The van der Waals surface area contributed by atoms with Crippen LogP contribution in [0.2, 0.25) is 5.02 Å². The molecule has 0 radical (unpaired) electrons. The lowest BCUT2D eigenvalue weighted by Gasteiger charge is -2.43. The van der Waals surface area contributed by atoms with E-state index in [0.717, 1.165) is 46.6 Å². The number of aryl methyl sites for hydroxylation is 1. The number of hydrogen-bond donors (Lipinski definition) is 2. The highest BCUT2D eigenvalue weighted by molar-refractivity contribution is 7.70. The molecule has 1 aliphatic carbocycles. The summed E-state index contributed by atoms with van der Waals surface area (Å²) in [5.41, 5.74) is 6.34. The standard InChI is InChI=1S/C34H47ClN7O2P/c1-22-7-10-28(32(23(22)2)45(5,6)43)37-33-27(35)21-36-34(39-33)38-29-19-26(24-8-9-24)30(20-31(29)44-4)42-13-11-25(12-14-42)41-17-15-40(3)16-18-41/h7,10,19-21,24-25H,8-9,11-18H2,1-6H3,(H2,36,37,38,39). The fourth-order valence-electron chi connectivity index (χ4n) is 6.87. The van der Waals surface area contributed by atoms with E-state index in [-0.39, 0.29) is 0 Å². The Balaban J connectivity index is 1.23. The Bertz CT molecular complexity index is 1590. The summed E-state index contributed by atoms with van der Waals surface area (Å²) in [7, 11) is 1.36. The number of piperazine rings is 1. The highest BCUT2D eigenvalue weighted by Gasteiger charge is 2.32. The number of likely N-dealkylation sites (N-methyl/N-ethyl adjacent to an activating group) is 1. The second kappa shape index (κ2) is 13.1. The van der Waals surface area contributed by atoms with Gasteiger partial charge in [-0.15, -0.1) is 0 Å². The van der Waals surface area contributed by atoms with Gasteiger partial charge in [-0.2, -0.15) is 4.98 Å². The van der Waals surface area contributed by atoms with Crippen molar-refractivity contribution in [3.63, 3.8) is 0 Å². The molecule has 6 rings (SSSR count). The molecule has 0 bridgehead atoms. The number of halogens is 1. The normalized spacial score (nSPS) is 18.7. The van der Waals surface area contributed by atoms with Crippen LogP contribution in [0, 0.1) is 13.8 Å². The minimum absolute atomic E-state index is 0.382. The quantitative estimate of drug-likeness (QED) is 0.249. The molecule has 0 atom stereocenters. The molecule has 1 aromatic heterocycles. The number of methoxy groups -OCH3 is 1. The van der Waals surface area contributed by atoms with Crippen molar-refractivity contribution in [2.24, 2.45) is 0 Å². The van der Waals surface area contributed by atoms with E-state index in [1.165, 1.54) is 63.1 Å². The third-order valence-electron chi connectivity index (χ3n) is 9.71. The summed E-state index contributed by atoms with van der Waals surface area (Å²) in [6, 6.07) is 9.07. The fourth-order valence-corrected chi connectivity index (χ4v) is 8.70. The van der Waals surface area contributed by atoms with Crippen LogP contribution in [0.3, 0.4) is 0 Å². The largest absolute Gasteiger partial charge is 0.494 e. The number of hydrogen-bond acceptors (Lipinski definition) is 9. The topological polar surface area (TPSA) is 85.9 Å². The molecule has 3 fully saturated rings. The zero-order valence-electron chi connectivity index (χ0n) is 27.5. The molecule has 0 spiro atoms. The van der Waals surface area contributed by atoms with Crippen LogP contribution in [0.1, 0.15) is 48.3 Å². The Morgan fingerprint density at radius 2 is 1.67 bits per heavy atom. The van der Waals surface area contributed by atoms with Gasteiger partial charge in [-0.25, -0.2) is 4.98 Å². The Labute approximate surface area is 273 Å². The van der Waals surface area contributed by atoms with E-state index in [1.807, 2.05) is 26.0 Å². The first-order valence-electron chi connectivity index (χ1n) is 16.1. The van der Waals surface area contributed by atoms with Gasteiger partial charge in [-0.3, -0.25) is 4.90 Å². The molecule has 2 aliphatic heterocycles. The SMILES string of the molecule is COc1cc(N2CCC(N3CCN(C)CC3)CC2)c(C2CC2)cc1Nc1ncc(Cl)c(Nc2ccc(C)c(C)c2P(C)(C)=O)n1. The second-order valence-corrected chi connectivity index (χ2v) is 16.9. The first-order valence-corrected chi connectivity index (χ1v) is 19.1. The van der Waals surface area contributed by atoms with Gasteiger partial charge in [0.25, 0.3) is 0 Å². The molecule has 11 heteroatoms. The van der Waals surface area contributed by atoms with Gasteiger partial charge in [0.1, 0.15) is 17.9 Å². The molecule has 45 heavy (non-hydrogen) atoms. The average molecular weight is 652 g/mol. The van der Waals surface area contributed by atoms with Crippen LogP contribution < -0.4 is 25.6 Å². The Morgan fingerprint density at radius 3 is 2.31 bits per heavy atom. The molecule has 242 valence electrons. The maximum Gasteiger partial charge on any atom is 0.229 e. The summed E-state index contributed by atoms with van der Waals surface area (Å²) in [4.78, 5) is 16.9.